The summed E-state index contributed by atoms with van der Waals surface area (Å²) >= 11 is 0. The van der Waals surface area contributed by atoms with Gasteiger partial charge in [0.25, 0.3) is 11.8 Å². The fourth-order valence-corrected chi connectivity index (χ4v) is 6.42. The minimum atomic E-state index is -0.385. The van der Waals surface area contributed by atoms with Crippen molar-refractivity contribution in [3.05, 3.63) is 102 Å². The maximum absolute atomic E-state index is 12.5. The van der Waals surface area contributed by atoms with Crippen LogP contribution >= 0.6 is 0 Å². The zero-order valence-corrected chi connectivity index (χ0v) is 36.3. The van der Waals surface area contributed by atoms with Crippen LogP contribution in [0.5, 0.6) is 0 Å². The third-order valence-electron chi connectivity index (χ3n) is 9.95. The first kappa shape index (κ1) is 50.2. The second-order valence-corrected chi connectivity index (χ2v) is 15.0. The van der Waals surface area contributed by atoms with E-state index in [1.807, 2.05) is 47.1 Å². The molecular weight excluding hydrogens is 793 g/mol. The van der Waals surface area contributed by atoms with E-state index < -0.39 is 0 Å². The number of nitrogens with one attached hydrogen (secondary N) is 6. The summed E-state index contributed by atoms with van der Waals surface area (Å²) in [4.78, 5) is 47.0. The van der Waals surface area contributed by atoms with Gasteiger partial charge in [0.1, 0.15) is 5.69 Å². The summed E-state index contributed by atoms with van der Waals surface area (Å²) in [5.41, 5.74) is 7.92. The maximum atomic E-state index is 12.5. The molecule has 2 aromatic rings. The van der Waals surface area contributed by atoms with Gasteiger partial charge in [0.2, 0.25) is 11.8 Å². The Hall–Kier alpha value is -6.14. The molecule has 1 aromatic heterocycles. The topological polar surface area (TPSA) is 240 Å². The Morgan fingerprint density at radius 3 is 2.18 bits per heavy atom. The summed E-state index contributed by atoms with van der Waals surface area (Å²) in [6, 6.07) is 7.29. The monoisotopic (exact) mass is 859 g/mol. The lowest BCUT2D eigenvalue weighted by molar-refractivity contribution is -0.130. The van der Waals surface area contributed by atoms with Crippen LogP contribution in [-0.4, -0.2) is 93.8 Å². The van der Waals surface area contributed by atoms with Gasteiger partial charge in [-0.2, -0.15) is 5.11 Å². The molecule has 3 rings (SSSR count). The maximum Gasteiger partial charge on any atom is 0.251 e. The Labute approximate surface area is 365 Å². The third kappa shape index (κ3) is 20.9. The Balaban J connectivity index is 1.30. The lowest BCUT2D eigenvalue weighted by Gasteiger charge is -2.24. The van der Waals surface area contributed by atoms with E-state index in [9.17, 15) is 19.2 Å². The van der Waals surface area contributed by atoms with E-state index in [1.54, 1.807) is 36.2 Å². The highest BCUT2D eigenvalue weighted by atomic mass is 16.5. The van der Waals surface area contributed by atoms with Gasteiger partial charge in [-0.3, -0.25) is 34.6 Å². The minimum absolute atomic E-state index is 0.131. The number of carbonyl (C=O) groups is 4. The molecule has 1 atom stereocenters. The quantitative estimate of drug-likeness (QED) is 0.0119. The van der Waals surface area contributed by atoms with Crippen molar-refractivity contribution >= 4 is 29.3 Å². The number of amides is 4. The van der Waals surface area contributed by atoms with Crippen molar-refractivity contribution in [1.82, 2.24) is 46.9 Å². The minimum Gasteiger partial charge on any atom is -0.385 e. The second kappa shape index (κ2) is 30.0. The zero-order valence-electron chi connectivity index (χ0n) is 36.3. The van der Waals surface area contributed by atoms with Crippen LogP contribution in [0.4, 0.5) is 5.69 Å². The van der Waals surface area contributed by atoms with Crippen LogP contribution in [0.1, 0.15) is 100 Å². The van der Waals surface area contributed by atoms with Crippen LogP contribution in [0.3, 0.4) is 0 Å². The molecule has 8 N–H and O–H groups in total. The van der Waals surface area contributed by atoms with Crippen LogP contribution < -0.4 is 32.2 Å². The number of hydroxylamine groups is 2. The Morgan fingerprint density at radius 2 is 1.55 bits per heavy atom. The van der Waals surface area contributed by atoms with E-state index in [-0.39, 0.29) is 30.0 Å². The van der Waals surface area contributed by atoms with Gasteiger partial charge in [-0.1, -0.05) is 67.0 Å². The molecule has 338 valence electrons. The highest BCUT2D eigenvalue weighted by molar-refractivity contribution is 5.95. The zero-order chi connectivity index (χ0) is 44.8. The van der Waals surface area contributed by atoms with Crippen molar-refractivity contribution in [2.24, 2.45) is 16.3 Å². The van der Waals surface area contributed by atoms with Crippen molar-refractivity contribution < 1.29 is 29.6 Å². The molecule has 1 aromatic carbocycles. The molecule has 62 heavy (non-hydrogen) atoms. The molecular formula is C44H66N12O6. The number of allylic oxidation sites excluding steroid dienone is 5. The Morgan fingerprint density at radius 1 is 0.887 bits per heavy atom. The molecule has 0 bridgehead atoms. The van der Waals surface area contributed by atoms with E-state index in [1.165, 1.54) is 0 Å². The molecule has 1 unspecified atom stereocenters. The first-order valence-electron chi connectivity index (χ1n) is 21.5. The first-order valence-corrected chi connectivity index (χ1v) is 21.5. The molecule has 18 heteroatoms. The predicted molar refractivity (Wildman–Crippen MR) is 238 cm³/mol. The number of aromatic nitrogens is 3. The average Bonchev–Trinajstić information content (AvgIpc) is 3.74. The summed E-state index contributed by atoms with van der Waals surface area (Å²) in [6.07, 6.45) is 22.8. The van der Waals surface area contributed by atoms with Crippen molar-refractivity contribution in [3.63, 3.8) is 0 Å². The van der Waals surface area contributed by atoms with E-state index in [0.29, 0.717) is 69.0 Å². The standard InChI is InChI=1S/C44H66N12O6/c1-4-38(23-16-34(2)43(59)47-26-11-7-5-9-14-41(57)51-61)46-28-13-29-55(53-45-3)31-35-17-19-36(20-18-35)32-56-33-40(50-54-56)30-49-39-24-21-37(22-25-39)44(60)48-27-12-8-6-10-15-42(58)52-62/h4,16-17,19-25,33,35,46,49,61-62H,2,5-15,18,26-32H2,1,3H3,(H,47,59)(H,48,60)(H,51,57)(H,52,58)/b23-16-,38-4+,53-45?. The molecule has 0 spiro atoms. The van der Waals surface area contributed by atoms with Crippen molar-refractivity contribution in [2.75, 3.05) is 45.1 Å². The summed E-state index contributed by atoms with van der Waals surface area (Å²) in [5.74, 6) is -0.821. The van der Waals surface area contributed by atoms with Gasteiger partial charge in [0, 0.05) is 68.1 Å². The number of benzene rings is 1. The molecule has 4 amide bonds. The van der Waals surface area contributed by atoms with Crippen LogP contribution in [-0.2, 0) is 27.5 Å². The number of hydrogen-bond acceptors (Lipinski definition) is 12. The van der Waals surface area contributed by atoms with E-state index >= 15 is 0 Å². The SMILES string of the molecule is C=C(/C=C\C(=C/C)NCCCN(CC1C=CC(Cn2cc(CNc3ccc(C(=O)NCCCCCCC(=O)NO)cc3)nn2)=CC1)N=NC)C(=O)NCCCCCCC(=O)NO. The van der Waals surface area contributed by atoms with Gasteiger partial charge in [-0.25, -0.2) is 15.6 Å². The molecule has 0 radical (unpaired) electrons. The van der Waals surface area contributed by atoms with E-state index in [0.717, 1.165) is 87.1 Å². The van der Waals surface area contributed by atoms with Crippen LogP contribution in [0.2, 0.25) is 0 Å². The summed E-state index contributed by atoms with van der Waals surface area (Å²) in [6.45, 7) is 10.2. The van der Waals surface area contributed by atoms with Gasteiger partial charge in [0.15, 0.2) is 0 Å². The summed E-state index contributed by atoms with van der Waals surface area (Å²) in [5, 5.41) is 48.6. The average molecular weight is 859 g/mol. The van der Waals surface area contributed by atoms with Gasteiger partial charge in [-0.15, -0.1) is 5.10 Å². The van der Waals surface area contributed by atoms with Gasteiger partial charge in [0.05, 0.1) is 26.3 Å². The van der Waals surface area contributed by atoms with Gasteiger partial charge < -0.3 is 21.3 Å². The van der Waals surface area contributed by atoms with E-state index in [2.05, 4.69) is 66.7 Å². The van der Waals surface area contributed by atoms with Crippen LogP contribution in [0, 0.1) is 5.92 Å². The number of hydrogen-bond donors (Lipinski definition) is 8. The summed E-state index contributed by atoms with van der Waals surface area (Å²) < 4.78 is 1.83. The van der Waals surface area contributed by atoms with Crippen molar-refractivity contribution in [3.8, 4) is 0 Å². The number of anilines is 1. The fraction of sp³-hybridized carbons (Fsp3) is 0.500. The van der Waals surface area contributed by atoms with E-state index in [4.69, 9.17) is 10.4 Å². The molecule has 1 aliphatic rings. The number of unbranched alkanes of at least 4 members (excludes halogenated alkanes) is 6. The molecule has 0 aliphatic heterocycles. The van der Waals surface area contributed by atoms with Gasteiger partial charge >= 0.3 is 0 Å². The first-order chi connectivity index (χ1) is 30.1. The second-order valence-electron chi connectivity index (χ2n) is 15.0. The smallest absolute Gasteiger partial charge is 0.251 e. The van der Waals surface area contributed by atoms with Crippen LogP contribution in [0.15, 0.2) is 101 Å². The summed E-state index contributed by atoms with van der Waals surface area (Å²) in [7, 11) is 1.67. The Bertz CT molecular complexity index is 1850. The number of rotatable bonds is 31. The van der Waals surface area contributed by atoms with Gasteiger partial charge in [-0.05, 0) is 93.4 Å². The molecule has 1 heterocycles. The highest BCUT2D eigenvalue weighted by Crippen LogP contribution is 2.20. The molecule has 0 saturated heterocycles. The molecule has 1 aliphatic carbocycles. The fourth-order valence-electron chi connectivity index (χ4n) is 6.42. The highest BCUT2D eigenvalue weighted by Gasteiger charge is 2.14. The third-order valence-corrected chi connectivity index (χ3v) is 9.95. The number of nitrogens with zero attached hydrogens (tertiary/aromatic N) is 6. The number of carbonyl (C=O) groups excluding carboxylic acids is 4. The van der Waals surface area contributed by atoms with Crippen LogP contribution in [0.25, 0.3) is 0 Å². The molecule has 18 nitrogen and oxygen atoms in total. The lowest BCUT2D eigenvalue weighted by Crippen LogP contribution is -2.27. The predicted octanol–water partition coefficient (Wildman–Crippen LogP) is 5.45. The lowest BCUT2D eigenvalue weighted by atomic mass is 9.96. The normalized spacial score (nSPS) is 13.8. The van der Waals surface area contributed by atoms with Crippen molar-refractivity contribution in [1.29, 1.82) is 0 Å². The largest absolute Gasteiger partial charge is 0.385 e. The molecule has 0 saturated carbocycles. The van der Waals surface area contributed by atoms with Crippen molar-refractivity contribution in [2.45, 2.75) is 97.1 Å². The molecule has 0 fully saturated rings. The Kier molecular flexibility index (Phi) is 24.3.